The number of rotatable bonds is 3. The average Bonchev–Trinajstić information content (AvgIpc) is 2.89. The van der Waals surface area contributed by atoms with Crippen LogP contribution in [0.3, 0.4) is 0 Å². The molecule has 1 aliphatic heterocycles. The average molecular weight is 324 g/mol. The Morgan fingerprint density at radius 2 is 1.76 bits per heavy atom. The molecule has 1 aromatic carbocycles. The van der Waals surface area contributed by atoms with Gasteiger partial charge < -0.3 is 14.9 Å². The van der Waals surface area contributed by atoms with E-state index in [1.165, 1.54) is 5.69 Å². The van der Waals surface area contributed by atoms with E-state index in [1.807, 2.05) is 19.1 Å². The molecule has 4 nitrogen and oxygen atoms in total. The van der Waals surface area contributed by atoms with Crippen LogP contribution in [0.5, 0.6) is 0 Å². The number of hydrogen-bond donors (Lipinski definition) is 1. The summed E-state index contributed by atoms with van der Waals surface area (Å²) in [5, 5.41) is 11.1. The van der Waals surface area contributed by atoms with Crippen molar-refractivity contribution in [2.45, 2.75) is 13.5 Å². The van der Waals surface area contributed by atoms with Gasteiger partial charge in [0.1, 0.15) is 0 Å². The molecule has 1 aliphatic rings. The highest BCUT2D eigenvalue weighted by Gasteiger charge is 2.20. The number of benzene rings is 1. The second-order valence-electron chi connectivity index (χ2n) is 5.11. The van der Waals surface area contributed by atoms with Crippen LogP contribution >= 0.6 is 22.9 Å². The summed E-state index contributed by atoms with van der Waals surface area (Å²) in [4.78, 5) is 10.2. The van der Waals surface area contributed by atoms with Crippen molar-refractivity contribution in [3.05, 3.63) is 39.9 Å². The fourth-order valence-electron chi connectivity index (χ4n) is 2.50. The van der Waals surface area contributed by atoms with E-state index < -0.39 is 0 Å². The Hall–Kier alpha value is -1.30. The van der Waals surface area contributed by atoms with Crippen LogP contribution in [-0.2, 0) is 6.61 Å². The van der Waals surface area contributed by atoms with E-state index in [0.717, 1.165) is 46.9 Å². The van der Waals surface area contributed by atoms with E-state index in [2.05, 4.69) is 26.9 Å². The lowest BCUT2D eigenvalue weighted by Gasteiger charge is -2.36. The lowest BCUT2D eigenvalue weighted by Crippen LogP contribution is -2.46. The minimum absolute atomic E-state index is 0.0776. The van der Waals surface area contributed by atoms with Crippen molar-refractivity contribution in [2.75, 3.05) is 36.0 Å². The molecule has 1 fully saturated rings. The smallest absolute Gasteiger partial charge is 0.185 e. The molecule has 0 radical (unpaired) electrons. The van der Waals surface area contributed by atoms with Crippen LogP contribution in [-0.4, -0.2) is 36.3 Å². The lowest BCUT2D eigenvalue weighted by atomic mass is 10.2. The Bertz CT molecular complexity index is 606. The van der Waals surface area contributed by atoms with Gasteiger partial charge in [-0.05, 0) is 31.2 Å². The second kappa shape index (κ2) is 6.22. The molecule has 0 spiro atoms. The Labute approximate surface area is 133 Å². The lowest BCUT2D eigenvalue weighted by molar-refractivity contribution is 0.284. The molecule has 0 bridgehead atoms. The predicted molar refractivity (Wildman–Crippen MR) is 88.7 cm³/mol. The van der Waals surface area contributed by atoms with E-state index in [1.54, 1.807) is 11.3 Å². The molecular weight excluding hydrogens is 306 g/mol. The molecule has 21 heavy (non-hydrogen) atoms. The highest BCUT2D eigenvalue weighted by atomic mass is 35.5. The zero-order chi connectivity index (χ0) is 14.8. The Balaban J connectivity index is 1.65. The van der Waals surface area contributed by atoms with E-state index in [4.69, 9.17) is 11.6 Å². The van der Waals surface area contributed by atoms with Gasteiger partial charge in [0.05, 0.1) is 17.2 Å². The molecule has 3 rings (SSSR count). The van der Waals surface area contributed by atoms with Gasteiger partial charge in [0.15, 0.2) is 5.13 Å². The number of hydrogen-bond acceptors (Lipinski definition) is 5. The molecule has 2 heterocycles. The maximum Gasteiger partial charge on any atom is 0.185 e. The molecule has 112 valence electrons. The number of anilines is 2. The summed E-state index contributed by atoms with van der Waals surface area (Å²) in [6, 6.07) is 7.99. The summed E-state index contributed by atoms with van der Waals surface area (Å²) in [5.41, 5.74) is 2.16. The SMILES string of the molecule is Cc1nc(N2CCN(c3ccc(Cl)cc3)CC2)sc1CO. The summed E-state index contributed by atoms with van der Waals surface area (Å²) in [5.74, 6) is 0. The van der Waals surface area contributed by atoms with Gasteiger partial charge in [-0.2, -0.15) is 0 Å². The van der Waals surface area contributed by atoms with Crippen molar-refractivity contribution in [1.82, 2.24) is 4.98 Å². The molecule has 0 unspecified atom stereocenters. The van der Waals surface area contributed by atoms with E-state index >= 15 is 0 Å². The maximum absolute atomic E-state index is 9.28. The molecule has 1 aromatic heterocycles. The van der Waals surface area contributed by atoms with Crippen molar-refractivity contribution in [3.63, 3.8) is 0 Å². The third-order valence-electron chi connectivity index (χ3n) is 3.77. The van der Waals surface area contributed by atoms with Crippen LogP contribution in [0.2, 0.25) is 5.02 Å². The summed E-state index contributed by atoms with van der Waals surface area (Å²) in [6.07, 6.45) is 0. The summed E-state index contributed by atoms with van der Waals surface area (Å²) < 4.78 is 0. The van der Waals surface area contributed by atoms with E-state index in [0.29, 0.717) is 0 Å². The fourth-order valence-corrected chi connectivity index (χ4v) is 3.60. The quantitative estimate of drug-likeness (QED) is 0.942. The molecule has 0 amide bonds. The van der Waals surface area contributed by atoms with Gasteiger partial charge in [0.2, 0.25) is 0 Å². The van der Waals surface area contributed by atoms with Gasteiger partial charge in [-0.1, -0.05) is 22.9 Å². The minimum atomic E-state index is 0.0776. The van der Waals surface area contributed by atoms with Gasteiger partial charge in [0, 0.05) is 36.9 Å². The standard InChI is InChI=1S/C15H18ClN3OS/c1-11-14(10-20)21-15(17-11)19-8-6-18(7-9-19)13-4-2-12(16)3-5-13/h2-5,20H,6-10H2,1H3. The van der Waals surface area contributed by atoms with Crippen LogP contribution in [0.15, 0.2) is 24.3 Å². The van der Waals surface area contributed by atoms with Crippen LogP contribution < -0.4 is 9.80 Å². The van der Waals surface area contributed by atoms with Crippen LogP contribution in [0, 0.1) is 6.92 Å². The topological polar surface area (TPSA) is 39.6 Å². The molecule has 1 saturated heterocycles. The van der Waals surface area contributed by atoms with E-state index in [9.17, 15) is 5.11 Å². The zero-order valence-electron chi connectivity index (χ0n) is 11.9. The number of aryl methyl sites for hydroxylation is 1. The van der Waals surface area contributed by atoms with Crippen molar-refractivity contribution in [2.24, 2.45) is 0 Å². The van der Waals surface area contributed by atoms with Gasteiger partial charge >= 0.3 is 0 Å². The zero-order valence-corrected chi connectivity index (χ0v) is 13.5. The van der Waals surface area contributed by atoms with Gasteiger partial charge in [-0.3, -0.25) is 0 Å². The number of nitrogens with zero attached hydrogens (tertiary/aromatic N) is 3. The molecule has 6 heteroatoms. The Morgan fingerprint density at radius 1 is 1.14 bits per heavy atom. The molecule has 1 N–H and O–H groups in total. The Kier molecular flexibility index (Phi) is 4.33. The highest BCUT2D eigenvalue weighted by molar-refractivity contribution is 7.15. The van der Waals surface area contributed by atoms with Gasteiger partial charge in [-0.15, -0.1) is 0 Å². The van der Waals surface area contributed by atoms with Crippen molar-refractivity contribution in [1.29, 1.82) is 0 Å². The number of aliphatic hydroxyl groups is 1. The molecule has 0 aliphatic carbocycles. The van der Waals surface area contributed by atoms with E-state index in [-0.39, 0.29) is 6.61 Å². The monoisotopic (exact) mass is 323 g/mol. The van der Waals surface area contributed by atoms with Crippen molar-refractivity contribution >= 4 is 33.8 Å². The Morgan fingerprint density at radius 3 is 2.33 bits per heavy atom. The third-order valence-corrected chi connectivity index (χ3v) is 5.22. The first kappa shape index (κ1) is 14.6. The summed E-state index contributed by atoms with van der Waals surface area (Å²) >= 11 is 7.52. The van der Waals surface area contributed by atoms with Gasteiger partial charge in [-0.25, -0.2) is 4.98 Å². The number of aliphatic hydroxyl groups excluding tert-OH is 1. The normalized spacial score (nSPS) is 15.6. The number of thiazole rings is 1. The second-order valence-corrected chi connectivity index (χ2v) is 6.61. The highest BCUT2D eigenvalue weighted by Crippen LogP contribution is 2.28. The first-order valence-corrected chi connectivity index (χ1v) is 8.19. The van der Waals surface area contributed by atoms with Crippen molar-refractivity contribution in [3.8, 4) is 0 Å². The molecular formula is C15H18ClN3OS. The van der Waals surface area contributed by atoms with Gasteiger partial charge in [0.25, 0.3) is 0 Å². The number of aromatic nitrogens is 1. The first-order chi connectivity index (χ1) is 10.2. The van der Waals surface area contributed by atoms with Crippen LogP contribution in [0.25, 0.3) is 0 Å². The summed E-state index contributed by atoms with van der Waals surface area (Å²) in [7, 11) is 0. The van der Waals surface area contributed by atoms with Crippen LogP contribution in [0.4, 0.5) is 10.8 Å². The predicted octanol–water partition coefficient (Wildman–Crippen LogP) is 2.92. The van der Waals surface area contributed by atoms with Crippen molar-refractivity contribution < 1.29 is 5.11 Å². The number of halogens is 1. The minimum Gasteiger partial charge on any atom is -0.391 e. The maximum atomic E-state index is 9.28. The molecule has 2 aromatic rings. The molecule has 0 saturated carbocycles. The third kappa shape index (κ3) is 3.15. The summed E-state index contributed by atoms with van der Waals surface area (Å²) in [6.45, 7) is 5.86. The first-order valence-electron chi connectivity index (χ1n) is 7.00. The fraction of sp³-hybridized carbons (Fsp3) is 0.400. The molecule has 0 atom stereocenters. The largest absolute Gasteiger partial charge is 0.391 e. The number of piperazine rings is 1. The van der Waals surface area contributed by atoms with Crippen LogP contribution in [0.1, 0.15) is 10.6 Å².